The summed E-state index contributed by atoms with van der Waals surface area (Å²) in [6.07, 6.45) is 6.68. The van der Waals surface area contributed by atoms with Crippen LogP contribution in [0.2, 0.25) is 10.0 Å². The minimum atomic E-state index is 0.294. The molecule has 0 aliphatic rings. The summed E-state index contributed by atoms with van der Waals surface area (Å²) in [5.74, 6) is 1.11. The average molecular weight is 451 g/mol. The van der Waals surface area contributed by atoms with Crippen LogP contribution < -0.4 is 4.74 Å². The maximum Gasteiger partial charge on any atom is 0.119 e. The van der Waals surface area contributed by atoms with Crippen LogP contribution in [0, 0.1) is 6.92 Å². The third kappa shape index (κ3) is 5.69. The predicted octanol–water partition coefficient (Wildman–Crippen LogP) is 7.30. The maximum atomic E-state index is 6.25. The van der Waals surface area contributed by atoms with Gasteiger partial charge in [0.15, 0.2) is 0 Å². The highest BCUT2D eigenvalue weighted by Crippen LogP contribution is 2.31. The monoisotopic (exact) mass is 450 g/mol. The van der Waals surface area contributed by atoms with Crippen molar-refractivity contribution in [3.8, 4) is 5.75 Å². The molecule has 5 heteroatoms. The molecular formula is C26H24Cl2N2O. The van der Waals surface area contributed by atoms with E-state index in [1.807, 2.05) is 43.0 Å². The van der Waals surface area contributed by atoms with Gasteiger partial charge in [0.05, 0.1) is 6.33 Å². The van der Waals surface area contributed by atoms with Gasteiger partial charge in [-0.05, 0) is 48.7 Å². The second-order valence-electron chi connectivity index (χ2n) is 7.65. The van der Waals surface area contributed by atoms with Crippen molar-refractivity contribution in [2.24, 2.45) is 0 Å². The maximum absolute atomic E-state index is 6.25. The molecule has 4 aromatic rings. The molecule has 4 rings (SSSR count). The van der Waals surface area contributed by atoms with Gasteiger partial charge in [-0.2, -0.15) is 0 Å². The van der Waals surface area contributed by atoms with Crippen LogP contribution in [0.15, 0.2) is 85.5 Å². The van der Waals surface area contributed by atoms with E-state index in [1.165, 1.54) is 16.7 Å². The van der Waals surface area contributed by atoms with Crippen molar-refractivity contribution < 1.29 is 4.74 Å². The lowest BCUT2D eigenvalue weighted by Gasteiger charge is -2.19. The summed E-state index contributed by atoms with van der Waals surface area (Å²) in [4.78, 5) is 4.15. The number of rotatable bonds is 8. The van der Waals surface area contributed by atoms with Crippen molar-refractivity contribution in [3.05, 3.63) is 118 Å². The number of hydrogen-bond acceptors (Lipinski definition) is 2. The third-order valence-corrected chi connectivity index (χ3v) is 5.99. The molecule has 0 bridgehead atoms. The van der Waals surface area contributed by atoms with Crippen molar-refractivity contribution >= 4 is 23.2 Å². The lowest BCUT2D eigenvalue weighted by atomic mass is 9.88. The Hall–Kier alpha value is -2.75. The van der Waals surface area contributed by atoms with Crippen LogP contribution in [-0.4, -0.2) is 9.55 Å². The first kappa shape index (κ1) is 21.5. The fourth-order valence-corrected chi connectivity index (χ4v) is 4.08. The Labute approximate surface area is 193 Å². The van der Waals surface area contributed by atoms with Crippen LogP contribution in [0.1, 0.15) is 34.6 Å². The van der Waals surface area contributed by atoms with Crippen LogP contribution in [0.3, 0.4) is 0 Å². The second-order valence-corrected chi connectivity index (χ2v) is 8.49. The van der Waals surface area contributed by atoms with Crippen molar-refractivity contribution in [3.63, 3.8) is 0 Å². The molecule has 0 radical (unpaired) electrons. The Morgan fingerprint density at radius 3 is 2.29 bits per heavy atom. The topological polar surface area (TPSA) is 27.1 Å². The number of aryl methyl sites for hydroxylation is 2. The van der Waals surface area contributed by atoms with E-state index in [0.29, 0.717) is 22.6 Å². The van der Waals surface area contributed by atoms with Gasteiger partial charge in [-0.25, -0.2) is 4.98 Å². The van der Waals surface area contributed by atoms with Crippen molar-refractivity contribution in [2.75, 3.05) is 0 Å². The summed E-state index contributed by atoms with van der Waals surface area (Å²) >= 11 is 12.2. The van der Waals surface area contributed by atoms with Gasteiger partial charge in [0.2, 0.25) is 0 Å². The summed E-state index contributed by atoms with van der Waals surface area (Å²) in [6.45, 7) is 3.42. The lowest BCUT2D eigenvalue weighted by Crippen LogP contribution is -2.06. The standard InChI is InChI=1S/C26H24Cl2N2O/c1-19-2-4-20(5-3-19)25(12-14-30-15-13-29-18-30)21-7-10-24(11-8-21)31-17-22-6-9-23(27)16-26(22)28/h2-11,13,15-16,18,25H,12,14,17H2,1H3. The first-order valence-electron chi connectivity index (χ1n) is 10.3. The fourth-order valence-electron chi connectivity index (χ4n) is 3.62. The second kappa shape index (κ2) is 10.0. The molecule has 0 aliphatic heterocycles. The first-order valence-corrected chi connectivity index (χ1v) is 11.0. The zero-order valence-electron chi connectivity index (χ0n) is 17.3. The highest BCUT2D eigenvalue weighted by molar-refractivity contribution is 6.35. The van der Waals surface area contributed by atoms with Crippen molar-refractivity contribution in [1.82, 2.24) is 9.55 Å². The molecule has 1 aromatic heterocycles. The van der Waals surface area contributed by atoms with E-state index < -0.39 is 0 Å². The van der Waals surface area contributed by atoms with Gasteiger partial charge in [0, 0.05) is 40.5 Å². The van der Waals surface area contributed by atoms with E-state index in [1.54, 1.807) is 6.07 Å². The van der Waals surface area contributed by atoms with Crippen LogP contribution in [-0.2, 0) is 13.2 Å². The normalized spacial score (nSPS) is 12.0. The van der Waals surface area contributed by atoms with Crippen LogP contribution in [0.4, 0.5) is 0 Å². The Bertz CT molecular complexity index is 1110. The van der Waals surface area contributed by atoms with Gasteiger partial charge >= 0.3 is 0 Å². The van der Waals surface area contributed by atoms with Gasteiger partial charge in [0.25, 0.3) is 0 Å². The Morgan fingerprint density at radius 1 is 0.935 bits per heavy atom. The van der Waals surface area contributed by atoms with E-state index in [2.05, 4.69) is 52.9 Å². The number of imidazole rings is 1. The zero-order chi connectivity index (χ0) is 21.6. The molecule has 3 nitrogen and oxygen atoms in total. The Balaban J connectivity index is 1.49. The summed E-state index contributed by atoms with van der Waals surface area (Å²) in [5, 5.41) is 1.24. The van der Waals surface area contributed by atoms with Gasteiger partial charge in [0.1, 0.15) is 12.4 Å². The van der Waals surface area contributed by atoms with Gasteiger partial charge in [-0.1, -0.05) is 71.2 Å². The molecule has 0 fully saturated rings. The van der Waals surface area contributed by atoms with Crippen LogP contribution in [0.5, 0.6) is 5.75 Å². The summed E-state index contributed by atoms with van der Waals surface area (Å²) in [7, 11) is 0. The Kier molecular flexibility index (Phi) is 6.96. The van der Waals surface area contributed by atoms with E-state index in [-0.39, 0.29) is 0 Å². The summed E-state index contributed by atoms with van der Waals surface area (Å²) in [5.41, 5.74) is 4.75. The molecule has 1 heterocycles. The highest BCUT2D eigenvalue weighted by Gasteiger charge is 2.15. The third-order valence-electron chi connectivity index (χ3n) is 5.41. The largest absolute Gasteiger partial charge is 0.489 e. The number of nitrogens with zero attached hydrogens (tertiary/aromatic N) is 2. The summed E-state index contributed by atoms with van der Waals surface area (Å²) in [6, 6.07) is 22.6. The average Bonchev–Trinajstić information content (AvgIpc) is 3.29. The van der Waals surface area contributed by atoms with Crippen LogP contribution >= 0.6 is 23.2 Å². The minimum absolute atomic E-state index is 0.294. The molecule has 0 N–H and O–H groups in total. The predicted molar refractivity (Wildman–Crippen MR) is 127 cm³/mol. The molecule has 0 aliphatic carbocycles. The molecule has 31 heavy (non-hydrogen) atoms. The molecule has 0 spiro atoms. The number of hydrogen-bond donors (Lipinski definition) is 0. The highest BCUT2D eigenvalue weighted by atomic mass is 35.5. The minimum Gasteiger partial charge on any atom is -0.489 e. The number of aromatic nitrogens is 2. The smallest absolute Gasteiger partial charge is 0.119 e. The summed E-state index contributed by atoms with van der Waals surface area (Å²) < 4.78 is 8.07. The number of benzene rings is 3. The Morgan fingerprint density at radius 2 is 1.65 bits per heavy atom. The number of halogens is 2. The van der Waals surface area contributed by atoms with E-state index in [9.17, 15) is 0 Å². The van der Waals surface area contributed by atoms with Crippen molar-refractivity contribution in [1.29, 1.82) is 0 Å². The SMILES string of the molecule is Cc1ccc(C(CCn2ccnc2)c2ccc(OCc3ccc(Cl)cc3Cl)cc2)cc1. The molecule has 1 atom stereocenters. The van der Waals surface area contributed by atoms with Gasteiger partial charge < -0.3 is 9.30 Å². The van der Waals surface area contributed by atoms with Crippen molar-refractivity contribution in [2.45, 2.75) is 32.4 Å². The van der Waals surface area contributed by atoms with Gasteiger partial charge in [-0.15, -0.1) is 0 Å². The molecule has 3 aromatic carbocycles. The molecular weight excluding hydrogens is 427 g/mol. The fraction of sp³-hybridized carbons (Fsp3) is 0.192. The van der Waals surface area contributed by atoms with E-state index >= 15 is 0 Å². The molecule has 0 amide bonds. The molecule has 0 saturated heterocycles. The quantitative estimate of drug-likeness (QED) is 0.281. The zero-order valence-corrected chi connectivity index (χ0v) is 18.9. The first-order chi connectivity index (χ1) is 15.1. The lowest BCUT2D eigenvalue weighted by molar-refractivity contribution is 0.306. The van der Waals surface area contributed by atoms with Gasteiger partial charge in [-0.3, -0.25) is 0 Å². The molecule has 1 unspecified atom stereocenters. The van der Waals surface area contributed by atoms with Crippen LogP contribution in [0.25, 0.3) is 0 Å². The van der Waals surface area contributed by atoms with E-state index in [0.717, 1.165) is 24.3 Å². The van der Waals surface area contributed by atoms with E-state index in [4.69, 9.17) is 27.9 Å². The molecule has 158 valence electrons. The molecule has 0 saturated carbocycles. The number of ether oxygens (including phenoxy) is 1.